The molecule has 0 fully saturated rings. The van der Waals surface area contributed by atoms with E-state index < -0.39 is 0 Å². The van der Waals surface area contributed by atoms with E-state index in [9.17, 15) is 0 Å². The summed E-state index contributed by atoms with van der Waals surface area (Å²) in [7, 11) is 0. The Morgan fingerprint density at radius 1 is 0.580 bits per heavy atom. The molecule has 3 atom stereocenters. The van der Waals surface area contributed by atoms with Gasteiger partial charge in [-0.3, -0.25) is 0 Å². The van der Waals surface area contributed by atoms with Gasteiger partial charge in [0.1, 0.15) is 0 Å². The molecule has 3 aliphatic rings. The van der Waals surface area contributed by atoms with Crippen molar-refractivity contribution in [2.75, 3.05) is 9.80 Å². The first-order valence-electron chi connectivity index (χ1n) is 18.2. The van der Waals surface area contributed by atoms with Gasteiger partial charge in [-0.2, -0.15) is 0 Å². The summed E-state index contributed by atoms with van der Waals surface area (Å²) in [5.74, 6) is 0.389. The Balaban J connectivity index is 1.54. The van der Waals surface area contributed by atoms with Crippen LogP contribution < -0.4 is 9.80 Å². The van der Waals surface area contributed by atoms with Crippen molar-refractivity contribution in [3.8, 4) is 0 Å². The molecule has 2 nitrogen and oxygen atoms in total. The summed E-state index contributed by atoms with van der Waals surface area (Å²) in [6, 6.07) is 30.0. The summed E-state index contributed by atoms with van der Waals surface area (Å²) in [5, 5.41) is 0. The molecule has 7 rings (SSSR count). The fourth-order valence-electron chi connectivity index (χ4n) is 7.91. The zero-order valence-corrected chi connectivity index (χ0v) is 31.6. The summed E-state index contributed by atoms with van der Waals surface area (Å²) in [5.41, 5.74) is 17.5. The number of nitrogens with zero attached hydrogens (tertiary/aromatic N) is 2. The predicted molar refractivity (Wildman–Crippen MR) is 215 cm³/mol. The Bertz CT molecular complexity index is 2100. The third-order valence-electron chi connectivity index (χ3n) is 12.0. The molecule has 0 aromatic heterocycles. The van der Waals surface area contributed by atoms with Crippen LogP contribution >= 0.6 is 0 Å². The molecular weight excluding hydrogens is 605 g/mol. The Kier molecular flexibility index (Phi) is 8.42. The number of hydrogen-bond donors (Lipinski definition) is 0. The first kappa shape index (κ1) is 33.7. The highest BCUT2D eigenvalue weighted by molar-refractivity contribution is 5.94. The second kappa shape index (κ2) is 12.5. The Hall–Kier alpha value is -4.82. The molecule has 254 valence electrons. The molecule has 0 saturated carbocycles. The van der Waals surface area contributed by atoms with Crippen LogP contribution in [0.3, 0.4) is 0 Å². The largest absolute Gasteiger partial charge is 0.333 e. The van der Waals surface area contributed by atoms with Gasteiger partial charge in [-0.25, -0.2) is 0 Å². The van der Waals surface area contributed by atoms with Crippen LogP contribution in [0, 0.1) is 58.3 Å². The van der Waals surface area contributed by atoms with Crippen LogP contribution in [-0.2, 0) is 0 Å². The minimum Gasteiger partial charge on any atom is -0.333 e. The SMILES string of the molecule is Cc1ccc(N(C2=C3C=CC=CC3(C)C(N(C3=CC(C)C(C)(C)C=C3)c3ccc(C)c(C)c3)c3ccccc32)c2ccc(C)c(C)c2)cc1C. The highest BCUT2D eigenvalue weighted by Gasteiger charge is 2.48. The summed E-state index contributed by atoms with van der Waals surface area (Å²) < 4.78 is 0. The average Bonchev–Trinajstić information content (AvgIpc) is 3.08. The van der Waals surface area contributed by atoms with Crippen molar-refractivity contribution in [1.29, 1.82) is 0 Å². The van der Waals surface area contributed by atoms with Gasteiger partial charge in [0, 0.05) is 33.7 Å². The minimum absolute atomic E-state index is 0.00595. The molecule has 0 N–H and O–H groups in total. The number of anilines is 3. The molecule has 0 bridgehead atoms. The molecule has 4 aromatic carbocycles. The van der Waals surface area contributed by atoms with E-state index >= 15 is 0 Å². The minimum atomic E-state index is -0.361. The van der Waals surface area contributed by atoms with Crippen molar-refractivity contribution in [1.82, 2.24) is 0 Å². The Morgan fingerprint density at radius 2 is 1.14 bits per heavy atom. The number of hydrogen-bond acceptors (Lipinski definition) is 2. The summed E-state index contributed by atoms with van der Waals surface area (Å²) in [6.45, 7) is 22.8. The third-order valence-corrected chi connectivity index (χ3v) is 12.0. The molecule has 0 heterocycles. The van der Waals surface area contributed by atoms with Crippen molar-refractivity contribution in [3.05, 3.63) is 177 Å². The second-order valence-electron chi connectivity index (χ2n) is 15.8. The number of rotatable bonds is 6. The molecule has 3 aliphatic carbocycles. The first-order valence-corrected chi connectivity index (χ1v) is 18.2. The topological polar surface area (TPSA) is 6.48 Å². The molecule has 0 saturated heterocycles. The lowest BCUT2D eigenvalue weighted by Crippen LogP contribution is -2.44. The lowest BCUT2D eigenvalue weighted by molar-refractivity contribution is 0.354. The highest BCUT2D eigenvalue weighted by Crippen LogP contribution is 2.58. The fourth-order valence-corrected chi connectivity index (χ4v) is 7.91. The number of benzene rings is 4. The number of allylic oxidation sites excluding steroid dienone is 6. The summed E-state index contributed by atoms with van der Waals surface area (Å²) >= 11 is 0. The summed E-state index contributed by atoms with van der Waals surface area (Å²) in [4.78, 5) is 5.17. The van der Waals surface area contributed by atoms with E-state index in [0.717, 1.165) is 0 Å². The van der Waals surface area contributed by atoms with Gasteiger partial charge in [0.15, 0.2) is 0 Å². The van der Waals surface area contributed by atoms with E-state index in [4.69, 9.17) is 0 Å². The predicted octanol–water partition coefficient (Wildman–Crippen LogP) is 12.9. The van der Waals surface area contributed by atoms with Gasteiger partial charge in [0.25, 0.3) is 0 Å². The van der Waals surface area contributed by atoms with Crippen molar-refractivity contribution in [2.45, 2.75) is 75.3 Å². The standard InChI is InChI=1S/C48H52N2/c1-31-18-21-38(27-34(31)4)49(39-22-19-32(2)35(5)28-39)45-42-15-11-12-16-43(42)46(48(10)25-14-13-17-44(45)48)50(40-23-20-33(3)36(6)29-40)41-24-26-47(8,9)37(7)30-41/h11-30,37,46H,1-10H3. The van der Waals surface area contributed by atoms with Crippen molar-refractivity contribution < 1.29 is 0 Å². The molecule has 0 spiro atoms. The lowest BCUT2D eigenvalue weighted by Gasteiger charge is -2.52. The highest BCUT2D eigenvalue weighted by atomic mass is 15.2. The molecule has 0 radical (unpaired) electrons. The van der Waals surface area contributed by atoms with Gasteiger partial charge in [0.2, 0.25) is 0 Å². The monoisotopic (exact) mass is 656 g/mol. The van der Waals surface area contributed by atoms with Gasteiger partial charge < -0.3 is 9.80 Å². The second-order valence-corrected chi connectivity index (χ2v) is 15.8. The van der Waals surface area contributed by atoms with E-state index in [0.29, 0.717) is 5.92 Å². The molecule has 0 aliphatic heterocycles. The number of aryl methyl sites for hydroxylation is 6. The molecule has 3 unspecified atom stereocenters. The quantitative estimate of drug-likeness (QED) is 0.204. The van der Waals surface area contributed by atoms with E-state index in [1.165, 1.54) is 78.5 Å². The lowest BCUT2D eigenvalue weighted by atomic mass is 9.64. The smallest absolute Gasteiger partial charge is 0.0727 e. The van der Waals surface area contributed by atoms with Gasteiger partial charge >= 0.3 is 0 Å². The maximum absolute atomic E-state index is 2.64. The molecule has 50 heavy (non-hydrogen) atoms. The van der Waals surface area contributed by atoms with Crippen molar-refractivity contribution in [3.63, 3.8) is 0 Å². The van der Waals surface area contributed by atoms with Crippen LogP contribution in [0.15, 0.2) is 133 Å². The third kappa shape index (κ3) is 5.59. The van der Waals surface area contributed by atoms with Crippen LogP contribution in [-0.4, -0.2) is 0 Å². The maximum Gasteiger partial charge on any atom is 0.0727 e. The van der Waals surface area contributed by atoms with Crippen LogP contribution in [0.25, 0.3) is 5.70 Å². The maximum atomic E-state index is 2.64. The van der Waals surface area contributed by atoms with Crippen molar-refractivity contribution in [2.24, 2.45) is 16.7 Å². The zero-order valence-electron chi connectivity index (χ0n) is 31.6. The van der Waals surface area contributed by atoms with E-state index in [2.05, 4.69) is 200 Å². The van der Waals surface area contributed by atoms with Gasteiger partial charge in [-0.15, -0.1) is 0 Å². The Morgan fingerprint density at radius 3 is 1.72 bits per heavy atom. The summed E-state index contributed by atoms with van der Waals surface area (Å²) in [6.07, 6.45) is 16.6. The Labute approximate surface area is 300 Å². The number of fused-ring (bicyclic) bond motifs is 2. The van der Waals surface area contributed by atoms with Crippen LogP contribution in [0.5, 0.6) is 0 Å². The van der Waals surface area contributed by atoms with E-state index in [-0.39, 0.29) is 16.9 Å². The first-order chi connectivity index (χ1) is 23.8. The van der Waals surface area contributed by atoms with Crippen LogP contribution in [0.1, 0.15) is 78.2 Å². The van der Waals surface area contributed by atoms with Crippen LogP contribution in [0.4, 0.5) is 17.1 Å². The molecule has 0 amide bonds. The van der Waals surface area contributed by atoms with Crippen LogP contribution in [0.2, 0.25) is 0 Å². The van der Waals surface area contributed by atoms with Gasteiger partial charge in [-0.05, 0) is 147 Å². The van der Waals surface area contributed by atoms with E-state index in [1.807, 2.05) is 0 Å². The molecular formula is C48H52N2. The molecule has 4 aromatic rings. The zero-order chi connectivity index (χ0) is 35.5. The van der Waals surface area contributed by atoms with Gasteiger partial charge in [-0.1, -0.05) is 99.7 Å². The molecule has 2 heteroatoms. The van der Waals surface area contributed by atoms with Crippen molar-refractivity contribution >= 4 is 22.8 Å². The van der Waals surface area contributed by atoms with E-state index in [1.54, 1.807) is 0 Å². The van der Waals surface area contributed by atoms with Gasteiger partial charge in [0.05, 0.1) is 11.7 Å². The average molecular weight is 657 g/mol. The normalized spacial score (nSPS) is 21.8. The fraction of sp³-hybridized carbons (Fsp3) is 0.292.